The van der Waals surface area contributed by atoms with E-state index in [1.165, 1.54) is 5.56 Å². The summed E-state index contributed by atoms with van der Waals surface area (Å²) < 4.78 is 0. The largest absolute Gasteiger partial charge is 0.261 e. The number of rotatable bonds is 1. The number of allylic oxidation sites excluding steroid dienone is 1. The van der Waals surface area contributed by atoms with Crippen LogP contribution in [0.2, 0.25) is 0 Å². The Balaban J connectivity index is 2.25. The smallest absolute Gasteiger partial charge is 0.0658 e. The first-order valence-corrected chi connectivity index (χ1v) is 4.66. The van der Waals surface area contributed by atoms with Gasteiger partial charge in [-0.3, -0.25) is 4.99 Å². The van der Waals surface area contributed by atoms with E-state index in [1.807, 2.05) is 24.4 Å². The monoisotopic (exact) mass is 171 g/mol. The fourth-order valence-electron chi connectivity index (χ4n) is 1.42. The molecular formula is C12H13N. The maximum absolute atomic E-state index is 4.42. The number of hydrogen-bond donors (Lipinski definition) is 0. The normalized spacial score (nSPS) is 21.3. The zero-order chi connectivity index (χ0) is 9.10. The van der Waals surface area contributed by atoms with Crippen LogP contribution in [0.3, 0.4) is 0 Å². The van der Waals surface area contributed by atoms with Crippen molar-refractivity contribution in [1.29, 1.82) is 0 Å². The van der Waals surface area contributed by atoms with Crippen LogP contribution in [0.25, 0.3) is 5.70 Å². The quantitative estimate of drug-likeness (QED) is 0.615. The minimum Gasteiger partial charge on any atom is -0.261 e. The number of benzene rings is 1. The summed E-state index contributed by atoms with van der Waals surface area (Å²) in [6.45, 7) is 2.18. The Morgan fingerprint density at radius 1 is 1.23 bits per heavy atom. The number of hydrogen-bond acceptors (Lipinski definition) is 1. The molecule has 1 heterocycles. The van der Waals surface area contributed by atoms with E-state index < -0.39 is 0 Å². The summed E-state index contributed by atoms with van der Waals surface area (Å²) in [5.74, 6) is 0.590. The Morgan fingerprint density at radius 2 is 2.00 bits per heavy atom. The van der Waals surface area contributed by atoms with E-state index >= 15 is 0 Å². The highest BCUT2D eigenvalue weighted by Gasteiger charge is 2.05. The van der Waals surface area contributed by atoms with Crippen molar-refractivity contribution in [3.8, 4) is 0 Å². The molecule has 1 aromatic rings. The van der Waals surface area contributed by atoms with Gasteiger partial charge in [0.05, 0.1) is 5.70 Å². The maximum Gasteiger partial charge on any atom is 0.0658 e. The average Bonchev–Trinajstić information content (AvgIpc) is 2.20. The topological polar surface area (TPSA) is 12.4 Å². The molecule has 0 amide bonds. The van der Waals surface area contributed by atoms with Gasteiger partial charge in [0.15, 0.2) is 0 Å². The van der Waals surface area contributed by atoms with Crippen LogP contribution < -0.4 is 0 Å². The van der Waals surface area contributed by atoms with Crippen LogP contribution in [0.1, 0.15) is 18.9 Å². The molecular weight excluding hydrogens is 158 g/mol. The molecule has 1 aliphatic rings. The molecule has 0 radical (unpaired) electrons. The van der Waals surface area contributed by atoms with Crippen molar-refractivity contribution < 1.29 is 0 Å². The molecule has 0 fully saturated rings. The van der Waals surface area contributed by atoms with Crippen LogP contribution in [0, 0.1) is 5.92 Å². The zero-order valence-corrected chi connectivity index (χ0v) is 7.77. The van der Waals surface area contributed by atoms with Gasteiger partial charge < -0.3 is 0 Å². The van der Waals surface area contributed by atoms with Gasteiger partial charge in [0.2, 0.25) is 0 Å². The Bertz CT molecular complexity index is 335. The van der Waals surface area contributed by atoms with Gasteiger partial charge in [-0.1, -0.05) is 43.3 Å². The molecule has 13 heavy (non-hydrogen) atoms. The maximum atomic E-state index is 4.42. The molecule has 1 unspecified atom stereocenters. The lowest BCUT2D eigenvalue weighted by atomic mass is 10.0. The molecule has 1 aromatic carbocycles. The molecule has 0 bridgehead atoms. The summed E-state index contributed by atoms with van der Waals surface area (Å²) in [5, 5.41) is 0. The second-order valence-corrected chi connectivity index (χ2v) is 3.45. The predicted molar refractivity (Wildman–Crippen MR) is 56.7 cm³/mol. The van der Waals surface area contributed by atoms with E-state index in [0.29, 0.717) is 5.92 Å². The third kappa shape index (κ3) is 1.86. The molecule has 1 aliphatic heterocycles. The second-order valence-electron chi connectivity index (χ2n) is 3.45. The Morgan fingerprint density at radius 3 is 2.62 bits per heavy atom. The first-order chi connectivity index (χ1) is 6.36. The molecule has 1 atom stereocenters. The summed E-state index contributed by atoms with van der Waals surface area (Å²) in [6.07, 6.45) is 5.34. The molecule has 1 heteroatoms. The van der Waals surface area contributed by atoms with Crippen molar-refractivity contribution in [1.82, 2.24) is 0 Å². The molecule has 0 saturated carbocycles. The van der Waals surface area contributed by atoms with E-state index in [2.05, 4.69) is 30.1 Å². The van der Waals surface area contributed by atoms with Crippen molar-refractivity contribution in [2.75, 3.05) is 0 Å². The SMILES string of the molecule is CC1C=NC(c2ccccc2)=CC1. The van der Waals surface area contributed by atoms with Crippen LogP contribution in [0.15, 0.2) is 41.4 Å². The third-order valence-electron chi connectivity index (χ3n) is 2.22. The van der Waals surface area contributed by atoms with E-state index in [4.69, 9.17) is 0 Å². The van der Waals surface area contributed by atoms with Crippen molar-refractivity contribution >= 4 is 11.9 Å². The second kappa shape index (κ2) is 3.56. The summed E-state index contributed by atoms with van der Waals surface area (Å²) in [4.78, 5) is 4.42. The highest BCUT2D eigenvalue weighted by atomic mass is 14.7. The lowest BCUT2D eigenvalue weighted by Crippen LogP contribution is -1.99. The summed E-state index contributed by atoms with van der Waals surface area (Å²) in [7, 11) is 0. The average molecular weight is 171 g/mol. The first-order valence-electron chi connectivity index (χ1n) is 4.66. The molecule has 0 aliphatic carbocycles. The van der Waals surface area contributed by atoms with Crippen LogP contribution in [-0.4, -0.2) is 6.21 Å². The highest BCUT2D eigenvalue weighted by Crippen LogP contribution is 2.21. The minimum absolute atomic E-state index is 0.590. The van der Waals surface area contributed by atoms with Gasteiger partial charge in [-0.25, -0.2) is 0 Å². The molecule has 0 spiro atoms. The van der Waals surface area contributed by atoms with Crippen LogP contribution in [-0.2, 0) is 0 Å². The Labute approximate surface area is 78.8 Å². The van der Waals surface area contributed by atoms with Crippen molar-refractivity contribution in [2.45, 2.75) is 13.3 Å². The summed E-state index contributed by atoms with van der Waals surface area (Å²) in [6, 6.07) is 10.3. The number of nitrogens with zero attached hydrogens (tertiary/aromatic N) is 1. The summed E-state index contributed by atoms with van der Waals surface area (Å²) in [5.41, 5.74) is 2.32. The van der Waals surface area contributed by atoms with Gasteiger partial charge in [-0.15, -0.1) is 0 Å². The van der Waals surface area contributed by atoms with Crippen LogP contribution in [0.5, 0.6) is 0 Å². The molecule has 66 valence electrons. The van der Waals surface area contributed by atoms with Crippen molar-refractivity contribution in [3.63, 3.8) is 0 Å². The van der Waals surface area contributed by atoms with E-state index in [0.717, 1.165) is 12.1 Å². The lowest BCUT2D eigenvalue weighted by Gasteiger charge is -2.10. The molecule has 0 aromatic heterocycles. The van der Waals surface area contributed by atoms with Gasteiger partial charge in [0, 0.05) is 6.21 Å². The standard InChI is InChI=1S/C12H13N/c1-10-7-8-12(13-9-10)11-5-3-2-4-6-11/h2-6,8-10H,7H2,1H3. The van der Waals surface area contributed by atoms with Gasteiger partial charge >= 0.3 is 0 Å². The molecule has 2 rings (SSSR count). The van der Waals surface area contributed by atoms with Crippen molar-refractivity contribution in [2.24, 2.45) is 10.9 Å². The Hall–Kier alpha value is -1.37. The molecule has 1 nitrogen and oxygen atoms in total. The van der Waals surface area contributed by atoms with E-state index in [1.54, 1.807) is 0 Å². The summed E-state index contributed by atoms with van der Waals surface area (Å²) >= 11 is 0. The van der Waals surface area contributed by atoms with Gasteiger partial charge in [-0.2, -0.15) is 0 Å². The van der Waals surface area contributed by atoms with Crippen LogP contribution >= 0.6 is 0 Å². The zero-order valence-electron chi connectivity index (χ0n) is 7.77. The van der Waals surface area contributed by atoms with Gasteiger partial charge in [0.25, 0.3) is 0 Å². The lowest BCUT2D eigenvalue weighted by molar-refractivity contribution is 0.799. The van der Waals surface area contributed by atoms with Gasteiger partial charge in [0.1, 0.15) is 0 Å². The first kappa shape index (κ1) is 8.24. The fourth-order valence-corrected chi connectivity index (χ4v) is 1.42. The Kier molecular flexibility index (Phi) is 2.26. The highest BCUT2D eigenvalue weighted by molar-refractivity contribution is 5.77. The molecule has 0 saturated heterocycles. The van der Waals surface area contributed by atoms with Crippen molar-refractivity contribution in [3.05, 3.63) is 42.0 Å². The third-order valence-corrected chi connectivity index (χ3v) is 2.22. The van der Waals surface area contributed by atoms with E-state index in [-0.39, 0.29) is 0 Å². The van der Waals surface area contributed by atoms with E-state index in [9.17, 15) is 0 Å². The number of aliphatic imine (C=N–C) groups is 1. The van der Waals surface area contributed by atoms with Crippen LogP contribution in [0.4, 0.5) is 0 Å². The minimum atomic E-state index is 0.590. The molecule has 0 N–H and O–H groups in total. The fraction of sp³-hybridized carbons (Fsp3) is 0.250. The van der Waals surface area contributed by atoms with Gasteiger partial charge in [-0.05, 0) is 17.9 Å². The predicted octanol–water partition coefficient (Wildman–Crippen LogP) is 3.14.